The number of allylic oxidation sites excluding steroid dienone is 1. The molecular formula is C36H44O3Si. The Labute approximate surface area is 242 Å². The van der Waals surface area contributed by atoms with Gasteiger partial charge in [0.25, 0.3) is 8.32 Å². The molecule has 0 saturated heterocycles. The van der Waals surface area contributed by atoms with Gasteiger partial charge >= 0.3 is 0 Å². The molecule has 3 nitrogen and oxygen atoms in total. The number of aromatic hydroxyl groups is 1. The van der Waals surface area contributed by atoms with Crippen LogP contribution in [0.3, 0.4) is 0 Å². The van der Waals surface area contributed by atoms with E-state index in [-0.39, 0.29) is 11.1 Å². The van der Waals surface area contributed by atoms with Crippen LogP contribution in [0.5, 0.6) is 5.75 Å². The Morgan fingerprint density at radius 2 is 1.62 bits per heavy atom. The maximum atomic E-state index is 9.88. The minimum absolute atomic E-state index is 0.0136. The first kappa shape index (κ1) is 29.8. The van der Waals surface area contributed by atoms with Crippen molar-refractivity contribution in [3.63, 3.8) is 0 Å². The van der Waals surface area contributed by atoms with E-state index in [2.05, 4.69) is 107 Å². The summed E-state index contributed by atoms with van der Waals surface area (Å²) in [6.45, 7) is 14.7. The number of phenolic OH excluding ortho intramolecular Hbond substituents is 1. The van der Waals surface area contributed by atoms with Gasteiger partial charge in [-0.15, -0.1) is 0 Å². The van der Waals surface area contributed by atoms with Crippen LogP contribution in [0.2, 0.25) is 5.04 Å². The smallest absolute Gasteiger partial charge is 0.261 e. The lowest BCUT2D eigenvalue weighted by molar-refractivity contribution is 0.115. The largest absolute Gasteiger partial charge is 0.508 e. The van der Waals surface area contributed by atoms with Gasteiger partial charge in [-0.05, 0) is 63.5 Å². The van der Waals surface area contributed by atoms with Crippen LogP contribution in [0, 0.1) is 0 Å². The predicted molar refractivity (Wildman–Crippen MR) is 171 cm³/mol. The minimum Gasteiger partial charge on any atom is -0.508 e. The Balaban J connectivity index is 1.52. The lowest BCUT2D eigenvalue weighted by Gasteiger charge is -2.43. The highest BCUT2D eigenvalue weighted by atomic mass is 28.4. The molecule has 210 valence electrons. The normalized spacial score (nSPS) is 16.1. The first-order valence-electron chi connectivity index (χ1n) is 14.5. The van der Waals surface area contributed by atoms with Gasteiger partial charge in [-0.1, -0.05) is 131 Å². The Hall–Kier alpha value is -3.18. The molecule has 40 heavy (non-hydrogen) atoms. The summed E-state index contributed by atoms with van der Waals surface area (Å²) >= 11 is 0. The topological polar surface area (TPSA) is 38.7 Å². The number of hydrogen-bond donors (Lipinski definition) is 1. The zero-order chi connectivity index (χ0) is 28.6. The monoisotopic (exact) mass is 552 g/mol. The molecule has 1 unspecified atom stereocenters. The van der Waals surface area contributed by atoms with Crippen LogP contribution in [0.15, 0.2) is 114 Å². The predicted octanol–water partition coefficient (Wildman–Crippen LogP) is 7.81. The molecule has 1 heterocycles. The van der Waals surface area contributed by atoms with E-state index in [0.717, 1.165) is 36.8 Å². The van der Waals surface area contributed by atoms with Crippen LogP contribution in [-0.2, 0) is 9.16 Å². The molecule has 0 saturated carbocycles. The number of benzene rings is 3. The van der Waals surface area contributed by atoms with E-state index in [0.29, 0.717) is 19.0 Å². The van der Waals surface area contributed by atoms with Crippen LogP contribution in [-0.4, -0.2) is 32.7 Å². The SMILES string of the molecule is C=C(CO[Si](c1ccccc1)(c1ccccc1)C(C)(C)C)C1=CCOC1CC/C(=C/c1cccc(O)c1)CCC. The molecule has 1 aliphatic heterocycles. The van der Waals surface area contributed by atoms with Crippen molar-refractivity contribution < 1.29 is 14.3 Å². The fourth-order valence-electron chi connectivity index (χ4n) is 5.88. The molecule has 3 aromatic carbocycles. The summed E-state index contributed by atoms with van der Waals surface area (Å²) in [6, 6.07) is 29.0. The summed E-state index contributed by atoms with van der Waals surface area (Å²) in [4.78, 5) is 0. The van der Waals surface area contributed by atoms with Crippen molar-refractivity contribution in [3.05, 3.63) is 120 Å². The summed E-state index contributed by atoms with van der Waals surface area (Å²) in [5.41, 5.74) is 4.59. The zero-order valence-electron chi connectivity index (χ0n) is 24.5. The van der Waals surface area contributed by atoms with Crippen molar-refractivity contribution >= 4 is 24.8 Å². The molecule has 1 aliphatic rings. The van der Waals surface area contributed by atoms with Crippen LogP contribution in [0.4, 0.5) is 0 Å². The molecule has 0 spiro atoms. The lowest BCUT2D eigenvalue weighted by atomic mass is 9.95. The van der Waals surface area contributed by atoms with Gasteiger partial charge in [-0.2, -0.15) is 0 Å². The summed E-state index contributed by atoms with van der Waals surface area (Å²) in [5.74, 6) is 0.297. The molecule has 0 radical (unpaired) electrons. The van der Waals surface area contributed by atoms with E-state index in [9.17, 15) is 5.11 Å². The summed E-state index contributed by atoms with van der Waals surface area (Å²) in [5, 5.41) is 12.3. The Bertz CT molecular complexity index is 1280. The molecule has 1 N–H and O–H groups in total. The Kier molecular flexibility index (Phi) is 10.0. The quantitative estimate of drug-likeness (QED) is 0.233. The van der Waals surface area contributed by atoms with Gasteiger partial charge in [-0.25, -0.2) is 0 Å². The fourth-order valence-corrected chi connectivity index (χ4v) is 10.4. The molecule has 0 bridgehead atoms. The third-order valence-electron chi connectivity index (χ3n) is 7.78. The van der Waals surface area contributed by atoms with Crippen molar-refractivity contribution in [2.45, 2.75) is 64.5 Å². The Morgan fingerprint density at radius 1 is 0.975 bits per heavy atom. The van der Waals surface area contributed by atoms with Gasteiger partial charge in [0.2, 0.25) is 0 Å². The minimum atomic E-state index is -2.64. The first-order valence-corrected chi connectivity index (χ1v) is 16.4. The Morgan fingerprint density at radius 3 is 2.20 bits per heavy atom. The highest BCUT2D eigenvalue weighted by molar-refractivity contribution is 6.99. The molecule has 0 aliphatic carbocycles. The summed E-state index contributed by atoms with van der Waals surface area (Å²) in [6.07, 6.45) is 8.35. The lowest BCUT2D eigenvalue weighted by Crippen LogP contribution is -2.66. The molecule has 0 amide bonds. The summed E-state index contributed by atoms with van der Waals surface area (Å²) < 4.78 is 13.3. The van der Waals surface area contributed by atoms with Gasteiger partial charge in [0.15, 0.2) is 0 Å². The van der Waals surface area contributed by atoms with Crippen molar-refractivity contribution in [2.75, 3.05) is 13.2 Å². The highest BCUT2D eigenvalue weighted by Crippen LogP contribution is 2.38. The molecule has 0 fully saturated rings. The molecule has 4 rings (SSSR count). The second-order valence-corrected chi connectivity index (χ2v) is 16.0. The second kappa shape index (κ2) is 13.4. The van der Waals surface area contributed by atoms with Gasteiger partial charge in [-0.3, -0.25) is 0 Å². The second-order valence-electron chi connectivity index (χ2n) is 11.7. The highest BCUT2D eigenvalue weighted by Gasteiger charge is 2.50. The molecule has 1 atom stereocenters. The molecule has 4 heteroatoms. The summed E-state index contributed by atoms with van der Waals surface area (Å²) in [7, 11) is -2.64. The average Bonchev–Trinajstić information content (AvgIpc) is 3.41. The van der Waals surface area contributed by atoms with Gasteiger partial charge in [0.05, 0.1) is 19.3 Å². The zero-order valence-corrected chi connectivity index (χ0v) is 25.5. The van der Waals surface area contributed by atoms with Crippen molar-refractivity contribution in [3.8, 4) is 5.75 Å². The molecule has 3 aromatic rings. The van der Waals surface area contributed by atoms with E-state index in [1.165, 1.54) is 21.5 Å². The van der Waals surface area contributed by atoms with Crippen LogP contribution in [0.1, 0.15) is 58.9 Å². The standard InChI is InChI=1S/C36H44O3Si/c1-6-14-29(25-30-15-13-16-31(37)26-30)21-22-35-34(23-24-38-35)28(2)27-39-40(36(3,4)5,32-17-9-7-10-18-32)33-19-11-8-12-20-33/h7-13,15-20,23,25-26,35,37H,2,6,14,21-22,24,27H2,1,3-5H3/b29-25+. The van der Waals surface area contributed by atoms with E-state index >= 15 is 0 Å². The number of ether oxygens (including phenoxy) is 1. The van der Waals surface area contributed by atoms with E-state index in [1.807, 2.05) is 18.2 Å². The van der Waals surface area contributed by atoms with Crippen LogP contribution in [0.25, 0.3) is 6.08 Å². The van der Waals surface area contributed by atoms with Gasteiger partial charge < -0.3 is 14.3 Å². The number of rotatable bonds is 12. The third-order valence-corrected chi connectivity index (χ3v) is 12.8. The van der Waals surface area contributed by atoms with Crippen LogP contribution < -0.4 is 10.4 Å². The van der Waals surface area contributed by atoms with Crippen LogP contribution >= 0.6 is 0 Å². The molecule has 0 aromatic heterocycles. The number of hydrogen-bond acceptors (Lipinski definition) is 3. The maximum absolute atomic E-state index is 9.88. The van der Waals surface area contributed by atoms with E-state index in [4.69, 9.17) is 9.16 Å². The van der Waals surface area contributed by atoms with E-state index in [1.54, 1.807) is 6.07 Å². The molecular weight excluding hydrogens is 508 g/mol. The number of phenols is 1. The van der Waals surface area contributed by atoms with Crippen molar-refractivity contribution in [2.24, 2.45) is 0 Å². The third kappa shape index (κ3) is 6.93. The van der Waals surface area contributed by atoms with Gasteiger partial charge in [0.1, 0.15) is 5.75 Å². The van der Waals surface area contributed by atoms with E-state index < -0.39 is 8.32 Å². The van der Waals surface area contributed by atoms with Gasteiger partial charge in [0, 0.05) is 0 Å². The average molecular weight is 553 g/mol. The van der Waals surface area contributed by atoms with Crippen molar-refractivity contribution in [1.29, 1.82) is 0 Å². The van der Waals surface area contributed by atoms with Crippen molar-refractivity contribution in [1.82, 2.24) is 0 Å². The first-order chi connectivity index (χ1) is 19.2. The maximum Gasteiger partial charge on any atom is 0.261 e. The fraction of sp³-hybridized carbons (Fsp3) is 0.333.